The van der Waals surface area contributed by atoms with Crippen LogP contribution < -0.4 is 0 Å². The number of halogens is 1. The summed E-state index contributed by atoms with van der Waals surface area (Å²) >= 11 is 7.90. The second kappa shape index (κ2) is 5.14. The van der Waals surface area contributed by atoms with Crippen LogP contribution >= 0.6 is 23.4 Å². The second-order valence-corrected chi connectivity index (χ2v) is 6.93. The number of imidazole rings is 1. The zero-order valence-corrected chi connectivity index (χ0v) is 12.9. The van der Waals surface area contributed by atoms with Gasteiger partial charge in [0, 0.05) is 11.3 Å². The first-order chi connectivity index (χ1) is 8.48. The van der Waals surface area contributed by atoms with Crippen LogP contribution in [0.2, 0.25) is 0 Å². The van der Waals surface area contributed by atoms with E-state index in [-0.39, 0.29) is 4.75 Å². The molecule has 0 aliphatic rings. The summed E-state index contributed by atoms with van der Waals surface area (Å²) in [5, 5.41) is 0. The molecule has 2 rings (SSSR count). The average molecular weight is 283 g/mol. The summed E-state index contributed by atoms with van der Waals surface area (Å²) in [5.74, 6) is 1.42. The Morgan fingerprint density at radius 2 is 2.11 bits per heavy atom. The predicted octanol–water partition coefficient (Wildman–Crippen LogP) is 4.23. The van der Waals surface area contributed by atoms with Crippen molar-refractivity contribution in [2.24, 2.45) is 0 Å². The molecular weight excluding hydrogens is 264 g/mol. The third kappa shape index (κ3) is 2.52. The molecule has 98 valence electrons. The van der Waals surface area contributed by atoms with Crippen LogP contribution in [0.3, 0.4) is 0 Å². The lowest BCUT2D eigenvalue weighted by Crippen LogP contribution is -2.23. The van der Waals surface area contributed by atoms with Crippen molar-refractivity contribution in [2.75, 3.05) is 6.26 Å². The molecule has 2 nitrogen and oxygen atoms in total. The fraction of sp³-hybridized carbons (Fsp3) is 0.500. The zero-order chi connectivity index (χ0) is 13.3. The highest BCUT2D eigenvalue weighted by Gasteiger charge is 2.21. The molecule has 0 aliphatic carbocycles. The number of hydrogen-bond acceptors (Lipinski definition) is 2. The van der Waals surface area contributed by atoms with Crippen LogP contribution in [-0.2, 0) is 12.4 Å². The number of aryl methyl sites for hydroxylation is 1. The molecule has 0 spiro atoms. The van der Waals surface area contributed by atoms with Gasteiger partial charge < -0.3 is 4.57 Å². The van der Waals surface area contributed by atoms with Crippen LogP contribution in [0.15, 0.2) is 18.2 Å². The monoisotopic (exact) mass is 282 g/mol. The SMILES string of the molecule is CSC(C)(C)Cn1c(CCl)nc2c(C)cccc21. The first-order valence-corrected chi connectivity index (χ1v) is 7.80. The lowest BCUT2D eigenvalue weighted by atomic mass is 10.2. The van der Waals surface area contributed by atoms with E-state index in [1.54, 1.807) is 0 Å². The molecule has 1 aromatic carbocycles. The van der Waals surface area contributed by atoms with Gasteiger partial charge in [0.2, 0.25) is 0 Å². The standard InChI is InChI=1S/C14H19ClN2S/c1-10-6-5-7-11-13(10)16-12(8-15)17(11)9-14(2,3)18-4/h5-7H,8-9H2,1-4H3. The van der Waals surface area contributed by atoms with Gasteiger partial charge in [0.05, 0.1) is 16.9 Å². The number of thioether (sulfide) groups is 1. The molecule has 0 saturated carbocycles. The van der Waals surface area contributed by atoms with Gasteiger partial charge in [-0.15, -0.1) is 11.6 Å². The maximum Gasteiger partial charge on any atom is 0.124 e. The molecule has 4 heteroatoms. The van der Waals surface area contributed by atoms with E-state index < -0.39 is 0 Å². The second-order valence-electron chi connectivity index (χ2n) is 5.15. The summed E-state index contributed by atoms with van der Waals surface area (Å²) in [6, 6.07) is 6.30. The number of benzene rings is 1. The van der Waals surface area contributed by atoms with Gasteiger partial charge in [-0.25, -0.2) is 4.98 Å². The van der Waals surface area contributed by atoms with Crippen molar-refractivity contribution in [3.05, 3.63) is 29.6 Å². The van der Waals surface area contributed by atoms with E-state index >= 15 is 0 Å². The molecule has 2 aromatic rings. The number of nitrogens with zero attached hydrogens (tertiary/aromatic N) is 2. The van der Waals surface area contributed by atoms with Crippen LogP contribution in [0.25, 0.3) is 11.0 Å². The van der Waals surface area contributed by atoms with Gasteiger partial charge in [-0.1, -0.05) is 12.1 Å². The van der Waals surface area contributed by atoms with E-state index in [1.807, 2.05) is 11.8 Å². The van der Waals surface area contributed by atoms with Crippen LogP contribution in [0, 0.1) is 6.92 Å². The number of aromatic nitrogens is 2. The maximum atomic E-state index is 6.04. The number of hydrogen-bond donors (Lipinski definition) is 0. The summed E-state index contributed by atoms with van der Waals surface area (Å²) in [5.41, 5.74) is 3.47. The van der Waals surface area contributed by atoms with E-state index in [9.17, 15) is 0 Å². The largest absolute Gasteiger partial charge is 0.326 e. The molecule has 1 aromatic heterocycles. The average Bonchev–Trinajstić information content (AvgIpc) is 2.69. The molecule has 0 unspecified atom stereocenters. The van der Waals surface area contributed by atoms with Crippen molar-refractivity contribution in [1.29, 1.82) is 0 Å². The lowest BCUT2D eigenvalue weighted by Gasteiger charge is -2.24. The Morgan fingerprint density at radius 1 is 1.39 bits per heavy atom. The van der Waals surface area contributed by atoms with E-state index in [0.29, 0.717) is 5.88 Å². The Morgan fingerprint density at radius 3 is 2.72 bits per heavy atom. The summed E-state index contributed by atoms with van der Waals surface area (Å²) in [4.78, 5) is 4.67. The third-order valence-corrected chi connectivity index (χ3v) is 4.74. The van der Waals surface area contributed by atoms with E-state index in [4.69, 9.17) is 11.6 Å². The van der Waals surface area contributed by atoms with Gasteiger partial charge in [-0.3, -0.25) is 0 Å². The minimum Gasteiger partial charge on any atom is -0.326 e. The number of rotatable bonds is 4. The molecule has 0 fully saturated rings. The lowest BCUT2D eigenvalue weighted by molar-refractivity contribution is 0.566. The van der Waals surface area contributed by atoms with Gasteiger partial charge in [0.15, 0.2) is 0 Å². The molecule has 0 amide bonds. The molecular formula is C14H19ClN2S. The Hall–Kier alpha value is -0.670. The smallest absolute Gasteiger partial charge is 0.124 e. The van der Waals surface area contributed by atoms with Gasteiger partial charge in [-0.05, 0) is 38.7 Å². The van der Waals surface area contributed by atoms with E-state index in [0.717, 1.165) is 17.9 Å². The van der Waals surface area contributed by atoms with Crippen LogP contribution in [-0.4, -0.2) is 20.6 Å². The molecule has 0 radical (unpaired) electrons. The summed E-state index contributed by atoms with van der Waals surface area (Å²) in [6.45, 7) is 7.52. The van der Waals surface area contributed by atoms with Crippen LogP contribution in [0.5, 0.6) is 0 Å². The quantitative estimate of drug-likeness (QED) is 0.781. The van der Waals surface area contributed by atoms with Crippen molar-refractivity contribution in [3.63, 3.8) is 0 Å². The Labute approximate surface area is 118 Å². The van der Waals surface area contributed by atoms with E-state index in [2.05, 4.69) is 54.8 Å². The molecule has 18 heavy (non-hydrogen) atoms. The minimum absolute atomic E-state index is 0.179. The molecule has 1 heterocycles. The van der Waals surface area contributed by atoms with Crippen molar-refractivity contribution in [2.45, 2.75) is 37.9 Å². The maximum absolute atomic E-state index is 6.04. The van der Waals surface area contributed by atoms with E-state index in [1.165, 1.54) is 11.1 Å². The van der Waals surface area contributed by atoms with Crippen molar-refractivity contribution >= 4 is 34.4 Å². The highest BCUT2D eigenvalue weighted by Crippen LogP contribution is 2.28. The number of alkyl halides is 1. The first kappa shape index (κ1) is 13.8. The summed E-state index contributed by atoms with van der Waals surface area (Å²) < 4.78 is 2.43. The summed E-state index contributed by atoms with van der Waals surface area (Å²) in [7, 11) is 0. The normalized spacial score (nSPS) is 12.3. The third-order valence-electron chi connectivity index (χ3n) is 3.27. The molecule has 0 atom stereocenters. The van der Waals surface area contributed by atoms with Crippen molar-refractivity contribution in [1.82, 2.24) is 9.55 Å². The topological polar surface area (TPSA) is 17.8 Å². The van der Waals surface area contributed by atoms with Gasteiger partial charge in [-0.2, -0.15) is 11.8 Å². The minimum atomic E-state index is 0.179. The highest BCUT2D eigenvalue weighted by molar-refractivity contribution is 7.99. The molecule has 0 N–H and O–H groups in total. The Kier molecular flexibility index (Phi) is 3.93. The Bertz CT molecular complexity index is 560. The predicted molar refractivity (Wildman–Crippen MR) is 81.6 cm³/mol. The van der Waals surface area contributed by atoms with Crippen molar-refractivity contribution in [3.8, 4) is 0 Å². The van der Waals surface area contributed by atoms with Gasteiger partial charge in [0.25, 0.3) is 0 Å². The highest BCUT2D eigenvalue weighted by atomic mass is 35.5. The molecule has 0 bridgehead atoms. The van der Waals surface area contributed by atoms with Gasteiger partial charge >= 0.3 is 0 Å². The van der Waals surface area contributed by atoms with Crippen LogP contribution in [0.4, 0.5) is 0 Å². The van der Waals surface area contributed by atoms with Crippen LogP contribution in [0.1, 0.15) is 25.2 Å². The number of para-hydroxylation sites is 1. The van der Waals surface area contributed by atoms with Crippen molar-refractivity contribution < 1.29 is 0 Å². The zero-order valence-electron chi connectivity index (χ0n) is 11.3. The fourth-order valence-electron chi connectivity index (χ4n) is 2.06. The molecule has 0 aliphatic heterocycles. The Balaban J connectivity index is 2.57. The number of fused-ring (bicyclic) bond motifs is 1. The molecule has 0 saturated heterocycles. The first-order valence-electron chi connectivity index (χ1n) is 6.04. The summed E-state index contributed by atoms with van der Waals surface area (Å²) in [6.07, 6.45) is 2.14. The fourth-order valence-corrected chi connectivity index (χ4v) is 2.52. The van der Waals surface area contributed by atoms with Gasteiger partial charge in [0.1, 0.15) is 5.82 Å².